The molecule has 0 bridgehead atoms. The summed E-state index contributed by atoms with van der Waals surface area (Å²) in [6.07, 6.45) is 3.19. The summed E-state index contributed by atoms with van der Waals surface area (Å²) in [5, 5.41) is 17.6. The minimum absolute atomic E-state index is 0.126. The molecule has 1 aliphatic heterocycles. The van der Waals surface area contributed by atoms with Crippen LogP contribution in [0.1, 0.15) is 35.8 Å². The van der Waals surface area contributed by atoms with Crippen LogP contribution in [0.15, 0.2) is 36.5 Å². The maximum atomic E-state index is 12.6. The van der Waals surface area contributed by atoms with E-state index in [1.54, 1.807) is 31.2 Å². The molecule has 23 heavy (non-hydrogen) atoms. The molecule has 6 nitrogen and oxygen atoms in total. The Balaban J connectivity index is 1.86. The highest BCUT2D eigenvalue weighted by Gasteiger charge is 2.43. The number of hydrogen-bond donors (Lipinski definition) is 2. The highest BCUT2D eigenvalue weighted by atomic mass is 16.5. The molecule has 1 fully saturated rings. The van der Waals surface area contributed by atoms with Crippen LogP contribution in [0.25, 0.3) is 0 Å². The standard InChI is InChI=1S/C17H21N3O3/c1-17(22,12-5-7-13(23-2)8-6-12)15-4-3-11-20(15)16(21)14-9-10-18-19-14/h5-10,15,22H,3-4,11H2,1-2H3,(H,18,19)/t15-,17-/m1/s1. The van der Waals surface area contributed by atoms with Gasteiger partial charge in [0.2, 0.25) is 0 Å². The van der Waals surface area contributed by atoms with Crippen molar-refractivity contribution in [1.82, 2.24) is 15.1 Å². The Labute approximate surface area is 135 Å². The fourth-order valence-corrected chi connectivity index (χ4v) is 3.24. The van der Waals surface area contributed by atoms with Gasteiger partial charge in [0.1, 0.15) is 17.0 Å². The number of amides is 1. The lowest BCUT2D eigenvalue weighted by atomic mass is 9.86. The quantitative estimate of drug-likeness (QED) is 0.903. The second kappa shape index (κ2) is 6.04. The highest BCUT2D eigenvalue weighted by molar-refractivity contribution is 5.92. The Bertz CT molecular complexity index is 665. The summed E-state index contributed by atoms with van der Waals surface area (Å²) >= 11 is 0. The number of aromatic nitrogens is 2. The molecule has 2 N–H and O–H groups in total. The molecule has 0 radical (unpaired) electrons. The van der Waals surface area contributed by atoms with E-state index in [-0.39, 0.29) is 11.9 Å². The SMILES string of the molecule is COc1ccc([C@@](C)(O)[C@H]2CCCN2C(=O)c2ccn[nH]2)cc1. The third-order valence-electron chi connectivity index (χ3n) is 4.57. The average Bonchev–Trinajstić information content (AvgIpc) is 3.25. The van der Waals surface area contributed by atoms with Crippen LogP contribution in [-0.2, 0) is 5.60 Å². The highest BCUT2D eigenvalue weighted by Crippen LogP contribution is 2.35. The van der Waals surface area contributed by atoms with Gasteiger partial charge in [0.05, 0.1) is 13.2 Å². The Morgan fingerprint density at radius 1 is 1.39 bits per heavy atom. The van der Waals surface area contributed by atoms with Crippen molar-refractivity contribution in [2.75, 3.05) is 13.7 Å². The molecule has 2 aromatic rings. The molecule has 1 aromatic heterocycles. The second-order valence-electron chi connectivity index (χ2n) is 6.00. The maximum absolute atomic E-state index is 12.6. The van der Waals surface area contributed by atoms with E-state index in [0.717, 1.165) is 24.2 Å². The van der Waals surface area contributed by atoms with E-state index in [9.17, 15) is 9.90 Å². The number of aromatic amines is 1. The third kappa shape index (κ3) is 2.82. The summed E-state index contributed by atoms with van der Waals surface area (Å²) in [6, 6.07) is 8.71. The number of hydrogen-bond acceptors (Lipinski definition) is 4. The van der Waals surface area contributed by atoms with Crippen molar-refractivity contribution in [1.29, 1.82) is 0 Å². The molecule has 0 spiro atoms. The number of aliphatic hydroxyl groups is 1. The molecule has 2 heterocycles. The van der Waals surface area contributed by atoms with E-state index in [2.05, 4.69) is 10.2 Å². The van der Waals surface area contributed by atoms with Crippen LogP contribution in [0.3, 0.4) is 0 Å². The molecule has 3 rings (SSSR count). The second-order valence-corrected chi connectivity index (χ2v) is 6.00. The van der Waals surface area contributed by atoms with Gasteiger partial charge in [-0.2, -0.15) is 5.10 Å². The maximum Gasteiger partial charge on any atom is 0.272 e. The van der Waals surface area contributed by atoms with Gasteiger partial charge in [0.15, 0.2) is 0 Å². The molecular formula is C17H21N3O3. The van der Waals surface area contributed by atoms with Gasteiger partial charge in [-0.1, -0.05) is 12.1 Å². The first kappa shape index (κ1) is 15.6. The van der Waals surface area contributed by atoms with Gasteiger partial charge in [-0.25, -0.2) is 0 Å². The Morgan fingerprint density at radius 2 is 2.13 bits per heavy atom. The van der Waals surface area contributed by atoms with Crippen LogP contribution in [0.2, 0.25) is 0 Å². The number of H-pyrrole nitrogens is 1. The zero-order valence-corrected chi connectivity index (χ0v) is 13.3. The van der Waals surface area contributed by atoms with E-state index in [1.165, 1.54) is 0 Å². The van der Waals surface area contributed by atoms with Crippen molar-refractivity contribution < 1.29 is 14.6 Å². The first-order valence-corrected chi connectivity index (χ1v) is 7.71. The predicted octanol–water partition coefficient (Wildman–Crippen LogP) is 1.93. The largest absolute Gasteiger partial charge is 0.497 e. The molecule has 1 saturated heterocycles. The topological polar surface area (TPSA) is 78.5 Å². The molecule has 0 saturated carbocycles. The summed E-state index contributed by atoms with van der Waals surface area (Å²) in [5.74, 6) is 0.611. The van der Waals surface area contributed by atoms with Crippen LogP contribution < -0.4 is 4.74 Å². The fourth-order valence-electron chi connectivity index (χ4n) is 3.24. The molecule has 1 amide bonds. The van der Waals surface area contributed by atoms with Crippen molar-refractivity contribution in [3.8, 4) is 5.75 Å². The van der Waals surface area contributed by atoms with Crippen LogP contribution in [0.5, 0.6) is 5.75 Å². The lowest BCUT2D eigenvalue weighted by Crippen LogP contribution is -2.48. The normalized spacial score (nSPS) is 20.3. The van der Waals surface area contributed by atoms with E-state index in [4.69, 9.17) is 4.74 Å². The van der Waals surface area contributed by atoms with Crippen LogP contribution in [0, 0.1) is 0 Å². The van der Waals surface area contributed by atoms with Gasteiger partial charge in [-0.05, 0) is 43.5 Å². The molecule has 1 aromatic carbocycles. The van der Waals surface area contributed by atoms with Crippen LogP contribution in [-0.4, -0.2) is 45.8 Å². The number of likely N-dealkylation sites (tertiary alicyclic amines) is 1. The monoisotopic (exact) mass is 315 g/mol. The van der Waals surface area contributed by atoms with Crippen molar-refractivity contribution in [2.45, 2.75) is 31.4 Å². The molecule has 122 valence electrons. The lowest BCUT2D eigenvalue weighted by Gasteiger charge is -2.36. The van der Waals surface area contributed by atoms with Gasteiger partial charge in [0, 0.05) is 12.7 Å². The summed E-state index contributed by atoms with van der Waals surface area (Å²) < 4.78 is 5.16. The Kier molecular flexibility index (Phi) is 4.09. The van der Waals surface area contributed by atoms with Gasteiger partial charge in [0.25, 0.3) is 5.91 Å². The first-order valence-electron chi connectivity index (χ1n) is 7.71. The van der Waals surface area contributed by atoms with Gasteiger partial charge in [-0.15, -0.1) is 0 Å². The molecule has 0 unspecified atom stereocenters. The predicted molar refractivity (Wildman–Crippen MR) is 85.2 cm³/mol. The summed E-state index contributed by atoms with van der Waals surface area (Å²) in [6.45, 7) is 2.40. The van der Waals surface area contributed by atoms with Crippen molar-refractivity contribution in [3.05, 3.63) is 47.8 Å². The van der Waals surface area contributed by atoms with Crippen molar-refractivity contribution in [3.63, 3.8) is 0 Å². The van der Waals surface area contributed by atoms with Crippen molar-refractivity contribution in [2.24, 2.45) is 0 Å². The minimum Gasteiger partial charge on any atom is -0.497 e. The zero-order valence-electron chi connectivity index (χ0n) is 13.3. The Morgan fingerprint density at radius 3 is 2.74 bits per heavy atom. The number of methoxy groups -OCH3 is 1. The number of nitrogens with zero attached hydrogens (tertiary/aromatic N) is 2. The molecule has 6 heteroatoms. The zero-order chi connectivity index (χ0) is 16.4. The van der Waals surface area contributed by atoms with Crippen molar-refractivity contribution >= 4 is 5.91 Å². The summed E-state index contributed by atoms with van der Waals surface area (Å²) in [7, 11) is 1.61. The van der Waals surface area contributed by atoms with E-state index >= 15 is 0 Å². The fraction of sp³-hybridized carbons (Fsp3) is 0.412. The Hall–Kier alpha value is -2.34. The van der Waals surface area contributed by atoms with Gasteiger partial charge < -0.3 is 14.7 Å². The average molecular weight is 315 g/mol. The number of nitrogens with one attached hydrogen (secondary N) is 1. The summed E-state index contributed by atoms with van der Waals surface area (Å²) in [5.41, 5.74) is 0.0911. The first-order chi connectivity index (χ1) is 11.0. The number of ether oxygens (including phenoxy) is 1. The number of benzene rings is 1. The number of rotatable bonds is 4. The number of carbonyl (C=O) groups excluding carboxylic acids is 1. The molecular weight excluding hydrogens is 294 g/mol. The molecule has 1 aliphatic rings. The van der Waals surface area contributed by atoms with E-state index in [1.807, 2.05) is 24.3 Å². The van der Waals surface area contributed by atoms with Gasteiger partial charge >= 0.3 is 0 Å². The lowest BCUT2D eigenvalue weighted by molar-refractivity contribution is -0.0179. The summed E-state index contributed by atoms with van der Waals surface area (Å²) in [4.78, 5) is 14.4. The van der Waals surface area contributed by atoms with Crippen LogP contribution in [0.4, 0.5) is 0 Å². The molecule has 2 atom stereocenters. The van der Waals surface area contributed by atoms with Gasteiger partial charge in [-0.3, -0.25) is 9.89 Å². The van der Waals surface area contributed by atoms with E-state index in [0.29, 0.717) is 12.2 Å². The smallest absolute Gasteiger partial charge is 0.272 e. The number of carbonyl (C=O) groups is 1. The minimum atomic E-state index is -1.13. The molecule has 0 aliphatic carbocycles. The third-order valence-corrected chi connectivity index (χ3v) is 4.57. The van der Waals surface area contributed by atoms with Crippen LogP contribution >= 0.6 is 0 Å². The van der Waals surface area contributed by atoms with E-state index < -0.39 is 5.60 Å².